The molecule has 0 saturated heterocycles. The van der Waals surface area contributed by atoms with Crippen molar-refractivity contribution in [1.82, 2.24) is 5.32 Å². The third-order valence-corrected chi connectivity index (χ3v) is 3.82. The Balaban J connectivity index is 1.65. The lowest BCUT2D eigenvalue weighted by Crippen LogP contribution is -2.28. The number of hydrogen-bond acceptors (Lipinski definition) is 3. The van der Waals surface area contributed by atoms with Gasteiger partial charge in [-0.05, 0) is 37.1 Å². The predicted molar refractivity (Wildman–Crippen MR) is 98.9 cm³/mol. The van der Waals surface area contributed by atoms with Gasteiger partial charge >= 0.3 is 5.97 Å². The zero-order valence-corrected chi connectivity index (χ0v) is 15.0. The molecule has 4 nitrogen and oxygen atoms in total. The highest BCUT2D eigenvalue weighted by Gasteiger charge is 2.06. The molecule has 0 saturated carbocycles. The van der Waals surface area contributed by atoms with Crippen molar-refractivity contribution in [2.75, 3.05) is 13.2 Å². The first-order valence-corrected chi connectivity index (χ1v) is 8.57. The van der Waals surface area contributed by atoms with Crippen molar-refractivity contribution >= 4 is 18.0 Å². The predicted octanol–water partition coefficient (Wildman–Crippen LogP) is 3.58. The number of halogens is 2. The molecule has 0 fully saturated rings. The first-order valence-electron chi connectivity index (χ1n) is 8.57. The first kappa shape index (κ1) is 20.3. The minimum Gasteiger partial charge on any atom is -0.461 e. The number of hydrogen-bond donors (Lipinski definition) is 1. The Morgan fingerprint density at radius 3 is 2.41 bits per heavy atom. The molecule has 0 bridgehead atoms. The highest BCUT2D eigenvalue weighted by molar-refractivity contribution is 5.87. The highest BCUT2D eigenvalue weighted by Crippen LogP contribution is 2.13. The number of amides is 1. The van der Waals surface area contributed by atoms with Crippen molar-refractivity contribution in [2.24, 2.45) is 0 Å². The summed E-state index contributed by atoms with van der Waals surface area (Å²) in [5.74, 6) is -2.41. The van der Waals surface area contributed by atoms with Crippen molar-refractivity contribution in [2.45, 2.75) is 19.8 Å². The topological polar surface area (TPSA) is 55.4 Å². The van der Waals surface area contributed by atoms with Gasteiger partial charge in [0.15, 0.2) is 0 Å². The summed E-state index contributed by atoms with van der Waals surface area (Å²) >= 11 is 0. The Morgan fingerprint density at radius 1 is 1.07 bits per heavy atom. The molecule has 1 amide bonds. The van der Waals surface area contributed by atoms with Gasteiger partial charge in [0.25, 0.3) is 0 Å². The lowest BCUT2D eigenvalue weighted by atomic mass is 10.1. The normalized spacial score (nSPS) is 10.8. The van der Waals surface area contributed by atoms with Gasteiger partial charge < -0.3 is 10.1 Å². The van der Waals surface area contributed by atoms with Crippen LogP contribution in [0, 0.1) is 18.6 Å². The molecule has 142 valence electrons. The second-order valence-corrected chi connectivity index (χ2v) is 5.97. The molecule has 0 atom stereocenters. The van der Waals surface area contributed by atoms with Gasteiger partial charge in [0.2, 0.25) is 5.91 Å². The maximum atomic E-state index is 13.4. The summed E-state index contributed by atoms with van der Waals surface area (Å²) in [6.07, 6.45) is 2.93. The molecule has 0 aliphatic heterocycles. The molecule has 0 spiro atoms. The molecule has 0 heterocycles. The third-order valence-electron chi connectivity index (χ3n) is 3.82. The molecule has 0 unspecified atom stereocenters. The third kappa shape index (κ3) is 7.01. The number of rotatable bonds is 8. The van der Waals surface area contributed by atoms with Crippen LogP contribution in [-0.2, 0) is 20.7 Å². The van der Waals surface area contributed by atoms with Crippen LogP contribution in [0.25, 0.3) is 6.08 Å². The molecule has 2 aromatic rings. The quantitative estimate of drug-likeness (QED) is 0.437. The van der Waals surface area contributed by atoms with E-state index in [2.05, 4.69) is 5.32 Å². The lowest BCUT2D eigenvalue weighted by Gasteiger charge is -2.06. The van der Waals surface area contributed by atoms with Crippen LogP contribution in [0.4, 0.5) is 8.78 Å². The Labute approximate surface area is 156 Å². The summed E-state index contributed by atoms with van der Waals surface area (Å²) in [6, 6.07) is 11.4. The number of aryl methyl sites for hydroxylation is 2. The first-order chi connectivity index (χ1) is 13.0. The number of carbonyl (C=O) groups is 2. The van der Waals surface area contributed by atoms with Gasteiger partial charge in [0.05, 0.1) is 6.54 Å². The fraction of sp³-hybridized carbons (Fsp3) is 0.238. The number of nitrogens with one attached hydrogen (secondary N) is 1. The highest BCUT2D eigenvalue weighted by atomic mass is 19.1. The molecule has 1 N–H and O–H groups in total. The molecule has 2 rings (SSSR count). The monoisotopic (exact) mass is 373 g/mol. The van der Waals surface area contributed by atoms with Crippen LogP contribution in [-0.4, -0.2) is 25.0 Å². The molecular weight excluding hydrogens is 352 g/mol. The molecule has 0 aliphatic carbocycles. The lowest BCUT2D eigenvalue weighted by molar-refractivity contribution is -0.138. The molecular formula is C21H21F2NO3. The number of esters is 1. The average Bonchev–Trinajstić information content (AvgIpc) is 2.64. The fourth-order valence-corrected chi connectivity index (χ4v) is 2.31. The summed E-state index contributed by atoms with van der Waals surface area (Å²) in [5.41, 5.74) is 1.93. The van der Waals surface area contributed by atoms with Gasteiger partial charge in [-0.3, -0.25) is 4.79 Å². The summed E-state index contributed by atoms with van der Waals surface area (Å²) in [5, 5.41) is 2.65. The maximum absolute atomic E-state index is 13.4. The van der Waals surface area contributed by atoms with Crippen LogP contribution in [0.1, 0.15) is 23.1 Å². The van der Waals surface area contributed by atoms with E-state index in [1.165, 1.54) is 6.07 Å². The van der Waals surface area contributed by atoms with E-state index in [0.29, 0.717) is 12.8 Å². The summed E-state index contributed by atoms with van der Waals surface area (Å²) in [4.78, 5) is 23.3. The van der Waals surface area contributed by atoms with E-state index >= 15 is 0 Å². The van der Waals surface area contributed by atoms with Crippen molar-refractivity contribution in [1.29, 1.82) is 0 Å². The van der Waals surface area contributed by atoms with Crippen LogP contribution < -0.4 is 5.32 Å². The van der Waals surface area contributed by atoms with Crippen LogP contribution in [0.5, 0.6) is 0 Å². The van der Waals surface area contributed by atoms with Gasteiger partial charge in [-0.2, -0.15) is 0 Å². The van der Waals surface area contributed by atoms with E-state index < -0.39 is 17.6 Å². The van der Waals surface area contributed by atoms with E-state index in [0.717, 1.165) is 35.4 Å². The Kier molecular flexibility index (Phi) is 7.67. The molecule has 27 heavy (non-hydrogen) atoms. The largest absolute Gasteiger partial charge is 0.461 e. The van der Waals surface area contributed by atoms with Crippen molar-refractivity contribution in [3.8, 4) is 0 Å². The summed E-state index contributed by atoms with van der Waals surface area (Å²) in [7, 11) is 0. The Hall–Kier alpha value is -3.02. The number of ether oxygens (including phenoxy) is 1. The van der Waals surface area contributed by atoms with Gasteiger partial charge in [-0.25, -0.2) is 13.6 Å². The summed E-state index contributed by atoms with van der Waals surface area (Å²) < 4.78 is 31.7. The standard InChI is InChI=1S/C21H21F2NO3/c1-15-5-7-16(8-6-15)9-11-20(25)24-13-14-27-21(26)12-10-17-18(22)3-2-4-19(17)23/h2-8,10,12H,9,11,13-14H2,1H3,(H,24,25)/b12-10+. The van der Waals surface area contributed by atoms with Gasteiger partial charge in [-0.1, -0.05) is 35.9 Å². The minimum atomic E-state index is -0.764. The van der Waals surface area contributed by atoms with Gasteiger partial charge in [-0.15, -0.1) is 0 Å². The average molecular weight is 373 g/mol. The van der Waals surface area contributed by atoms with E-state index in [-0.39, 0.29) is 24.6 Å². The molecule has 6 heteroatoms. The van der Waals surface area contributed by atoms with E-state index in [1.807, 2.05) is 31.2 Å². The van der Waals surface area contributed by atoms with E-state index in [9.17, 15) is 18.4 Å². The fourth-order valence-electron chi connectivity index (χ4n) is 2.31. The van der Waals surface area contributed by atoms with E-state index in [1.54, 1.807) is 0 Å². The van der Waals surface area contributed by atoms with Crippen LogP contribution in [0.15, 0.2) is 48.5 Å². The Bertz CT molecular complexity index is 796. The molecule has 0 radical (unpaired) electrons. The van der Waals surface area contributed by atoms with Gasteiger partial charge in [0, 0.05) is 18.1 Å². The smallest absolute Gasteiger partial charge is 0.330 e. The SMILES string of the molecule is Cc1ccc(CCC(=O)NCCOC(=O)/C=C/c2c(F)cccc2F)cc1. The molecule has 0 aromatic heterocycles. The molecule has 0 aliphatic rings. The van der Waals surface area contributed by atoms with Crippen LogP contribution >= 0.6 is 0 Å². The van der Waals surface area contributed by atoms with Crippen LogP contribution in [0.3, 0.4) is 0 Å². The van der Waals surface area contributed by atoms with Crippen molar-refractivity contribution in [3.05, 3.63) is 76.9 Å². The second kappa shape index (κ2) is 10.2. The van der Waals surface area contributed by atoms with Gasteiger partial charge in [0.1, 0.15) is 18.2 Å². The van der Waals surface area contributed by atoms with E-state index in [4.69, 9.17) is 4.74 Å². The minimum absolute atomic E-state index is 0.0286. The maximum Gasteiger partial charge on any atom is 0.330 e. The number of carbonyl (C=O) groups excluding carboxylic acids is 2. The Morgan fingerprint density at radius 2 is 1.74 bits per heavy atom. The number of benzene rings is 2. The molecule has 2 aromatic carbocycles. The zero-order valence-electron chi connectivity index (χ0n) is 15.0. The van der Waals surface area contributed by atoms with Crippen molar-refractivity contribution < 1.29 is 23.1 Å². The van der Waals surface area contributed by atoms with Crippen molar-refractivity contribution in [3.63, 3.8) is 0 Å². The van der Waals surface area contributed by atoms with Crippen LogP contribution in [0.2, 0.25) is 0 Å². The zero-order chi connectivity index (χ0) is 19.6. The second-order valence-electron chi connectivity index (χ2n) is 5.97. The summed E-state index contributed by atoms with van der Waals surface area (Å²) in [6.45, 7) is 2.14.